The number of anilines is 1. The number of nitrogens with one attached hydrogen (secondary N) is 2. The lowest BCUT2D eigenvalue weighted by Crippen LogP contribution is -2.50. The normalized spacial score (nSPS) is 14.7. The molecule has 0 saturated carbocycles. The number of halogens is 3. The Bertz CT molecular complexity index is 1200. The van der Waals surface area contributed by atoms with Gasteiger partial charge in [-0.1, -0.05) is 12.1 Å². The molecule has 12 heteroatoms. The number of hydrogen-bond donors (Lipinski definition) is 2. The molecule has 2 amide bonds. The van der Waals surface area contributed by atoms with Crippen LogP contribution in [0, 0.1) is 31.3 Å². The van der Waals surface area contributed by atoms with E-state index in [0.29, 0.717) is 11.6 Å². The molecule has 0 spiro atoms. The second kappa shape index (κ2) is 10.4. The third kappa shape index (κ3) is 5.68. The Hall–Kier alpha value is -3.12. The van der Waals surface area contributed by atoms with Crippen LogP contribution in [0.15, 0.2) is 35.2 Å². The summed E-state index contributed by atoms with van der Waals surface area (Å²) in [6.07, 6.45) is -0.393. The number of hydrogen-bond acceptors (Lipinski definition) is 5. The highest BCUT2D eigenvalue weighted by molar-refractivity contribution is 7.89. The van der Waals surface area contributed by atoms with E-state index in [4.69, 9.17) is 0 Å². The number of benzene rings is 2. The lowest BCUT2D eigenvalue weighted by molar-refractivity contribution is -0.134. The molecule has 0 atom stereocenters. The number of rotatable bonds is 7. The van der Waals surface area contributed by atoms with Gasteiger partial charge in [-0.3, -0.25) is 20.4 Å². The maximum atomic E-state index is 13.6. The molecule has 2 aromatic carbocycles. The van der Waals surface area contributed by atoms with Gasteiger partial charge in [0.15, 0.2) is 17.5 Å². The Morgan fingerprint density at radius 2 is 1.62 bits per heavy atom. The minimum absolute atomic E-state index is 0.130. The maximum Gasteiger partial charge on any atom is 0.243 e. The second-order valence-electron chi connectivity index (χ2n) is 7.95. The van der Waals surface area contributed by atoms with Crippen molar-refractivity contribution in [2.45, 2.75) is 31.6 Å². The summed E-state index contributed by atoms with van der Waals surface area (Å²) in [5.41, 5.74) is 5.29. The van der Waals surface area contributed by atoms with Crippen LogP contribution in [0.5, 0.6) is 0 Å². The number of amides is 2. The first kappa shape index (κ1) is 25.5. The lowest BCUT2D eigenvalue weighted by Gasteiger charge is -2.34. The monoisotopic (exact) mass is 498 g/mol. The fourth-order valence-corrected chi connectivity index (χ4v) is 5.23. The first-order valence-electron chi connectivity index (χ1n) is 10.5. The molecule has 2 aromatic rings. The van der Waals surface area contributed by atoms with Crippen LogP contribution >= 0.6 is 0 Å². The van der Waals surface area contributed by atoms with Crippen molar-refractivity contribution in [3.63, 3.8) is 0 Å². The molecule has 0 unspecified atom stereocenters. The van der Waals surface area contributed by atoms with E-state index in [2.05, 4.69) is 10.9 Å². The van der Waals surface area contributed by atoms with E-state index < -0.39 is 39.1 Å². The van der Waals surface area contributed by atoms with Crippen molar-refractivity contribution in [2.75, 3.05) is 31.6 Å². The number of sulfonamides is 1. The molecule has 0 bridgehead atoms. The highest BCUT2D eigenvalue weighted by atomic mass is 32.2. The van der Waals surface area contributed by atoms with Crippen LogP contribution in [0.3, 0.4) is 0 Å². The van der Waals surface area contributed by atoms with Gasteiger partial charge < -0.3 is 4.90 Å². The van der Waals surface area contributed by atoms with Crippen molar-refractivity contribution in [1.29, 1.82) is 0 Å². The average molecular weight is 499 g/mol. The summed E-state index contributed by atoms with van der Waals surface area (Å²) in [5.74, 6) is -5.51. The number of nitrogens with zero attached hydrogens (tertiary/aromatic N) is 2. The average Bonchev–Trinajstić information content (AvgIpc) is 2.82. The van der Waals surface area contributed by atoms with Crippen LogP contribution in [-0.4, -0.2) is 55.6 Å². The molecule has 1 saturated heterocycles. The lowest BCUT2D eigenvalue weighted by atomic mass is 10.2. The van der Waals surface area contributed by atoms with Crippen LogP contribution in [-0.2, 0) is 19.6 Å². The van der Waals surface area contributed by atoms with E-state index in [1.165, 1.54) is 9.21 Å². The third-order valence-corrected chi connectivity index (χ3v) is 7.53. The summed E-state index contributed by atoms with van der Waals surface area (Å²) in [6, 6.07) is 6.84. The standard InChI is InChI=1S/C22H25F3N4O4S/c1-14-3-4-15(2)18(13-14)34(32,33)29-11-9-28(10-12-29)20(31)8-7-19(30)27-26-17-6-5-16(23)21(24)22(17)25/h3-6,13,26H,7-12H2,1-2H3,(H,27,30). The van der Waals surface area contributed by atoms with Crippen molar-refractivity contribution in [1.82, 2.24) is 14.6 Å². The summed E-state index contributed by atoms with van der Waals surface area (Å²) in [6.45, 7) is 4.17. The van der Waals surface area contributed by atoms with Crippen LogP contribution in [0.25, 0.3) is 0 Å². The van der Waals surface area contributed by atoms with Crippen LogP contribution in [0.1, 0.15) is 24.0 Å². The zero-order chi connectivity index (χ0) is 25.0. The topological polar surface area (TPSA) is 98.8 Å². The molecule has 1 aliphatic rings. The predicted molar refractivity (Wildman–Crippen MR) is 119 cm³/mol. The Morgan fingerprint density at radius 1 is 0.941 bits per heavy atom. The Labute approximate surface area is 195 Å². The van der Waals surface area contributed by atoms with Crippen molar-refractivity contribution in [3.8, 4) is 0 Å². The first-order chi connectivity index (χ1) is 16.0. The van der Waals surface area contributed by atoms with Crippen LogP contribution in [0.4, 0.5) is 18.9 Å². The number of piperazine rings is 1. The maximum absolute atomic E-state index is 13.6. The summed E-state index contributed by atoms with van der Waals surface area (Å²) in [7, 11) is -3.69. The van der Waals surface area contributed by atoms with Crippen molar-refractivity contribution < 1.29 is 31.2 Å². The predicted octanol–water partition coefficient (Wildman–Crippen LogP) is 2.48. The summed E-state index contributed by atoms with van der Waals surface area (Å²) < 4.78 is 67.1. The molecule has 2 N–H and O–H groups in total. The van der Waals surface area contributed by atoms with Crippen molar-refractivity contribution in [2.24, 2.45) is 0 Å². The molecule has 0 aromatic heterocycles. The van der Waals surface area contributed by atoms with Gasteiger partial charge in [0, 0.05) is 39.0 Å². The minimum atomic E-state index is -3.69. The number of hydrazine groups is 1. The number of aryl methyl sites for hydroxylation is 2. The van der Waals surface area contributed by atoms with Gasteiger partial charge in [-0.25, -0.2) is 21.6 Å². The minimum Gasteiger partial charge on any atom is -0.340 e. The quantitative estimate of drug-likeness (QED) is 0.452. The molecule has 0 radical (unpaired) electrons. The van der Waals surface area contributed by atoms with Gasteiger partial charge in [-0.2, -0.15) is 4.31 Å². The van der Waals surface area contributed by atoms with Crippen molar-refractivity contribution in [3.05, 3.63) is 58.9 Å². The van der Waals surface area contributed by atoms with E-state index in [-0.39, 0.29) is 49.8 Å². The fraction of sp³-hybridized carbons (Fsp3) is 0.364. The van der Waals surface area contributed by atoms with Gasteiger partial charge in [0.25, 0.3) is 0 Å². The molecule has 8 nitrogen and oxygen atoms in total. The Kier molecular flexibility index (Phi) is 7.82. The molecule has 34 heavy (non-hydrogen) atoms. The molecule has 1 fully saturated rings. The molecule has 184 valence electrons. The Morgan fingerprint density at radius 3 is 2.29 bits per heavy atom. The molecular weight excluding hydrogens is 473 g/mol. The van der Waals surface area contributed by atoms with Crippen molar-refractivity contribution >= 4 is 27.5 Å². The fourth-order valence-electron chi connectivity index (χ4n) is 3.50. The van der Waals surface area contributed by atoms with Gasteiger partial charge in [0.05, 0.1) is 10.6 Å². The largest absolute Gasteiger partial charge is 0.340 e. The van der Waals surface area contributed by atoms with Gasteiger partial charge in [0.2, 0.25) is 21.8 Å². The van der Waals surface area contributed by atoms with E-state index in [9.17, 15) is 31.2 Å². The van der Waals surface area contributed by atoms with Gasteiger partial charge >= 0.3 is 0 Å². The van der Waals surface area contributed by atoms with Crippen LogP contribution in [0.2, 0.25) is 0 Å². The molecule has 0 aliphatic carbocycles. The van der Waals surface area contributed by atoms with Gasteiger partial charge in [0.1, 0.15) is 0 Å². The molecule has 1 heterocycles. The third-order valence-electron chi connectivity index (χ3n) is 5.49. The SMILES string of the molecule is Cc1ccc(C)c(S(=O)(=O)N2CCN(C(=O)CCC(=O)NNc3ccc(F)c(F)c3F)CC2)c1. The summed E-state index contributed by atoms with van der Waals surface area (Å²) >= 11 is 0. The highest BCUT2D eigenvalue weighted by Gasteiger charge is 2.31. The zero-order valence-electron chi connectivity index (χ0n) is 18.7. The Balaban J connectivity index is 1.48. The second-order valence-corrected chi connectivity index (χ2v) is 9.86. The number of carbonyl (C=O) groups excluding carboxylic acids is 2. The molecule has 3 rings (SSSR count). The van der Waals surface area contributed by atoms with E-state index in [1.54, 1.807) is 19.1 Å². The van der Waals surface area contributed by atoms with Gasteiger partial charge in [-0.15, -0.1) is 0 Å². The summed E-state index contributed by atoms with van der Waals surface area (Å²) in [5, 5.41) is 0. The number of carbonyl (C=O) groups is 2. The molecular formula is C22H25F3N4O4S. The first-order valence-corrected chi connectivity index (χ1v) is 12.0. The van der Waals surface area contributed by atoms with Crippen LogP contribution < -0.4 is 10.9 Å². The zero-order valence-corrected chi connectivity index (χ0v) is 19.5. The smallest absolute Gasteiger partial charge is 0.243 e. The summed E-state index contributed by atoms with van der Waals surface area (Å²) in [4.78, 5) is 26.1. The highest BCUT2D eigenvalue weighted by Crippen LogP contribution is 2.23. The van der Waals surface area contributed by atoms with E-state index in [0.717, 1.165) is 11.6 Å². The molecule has 1 aliphatic heterocycles. The van der Waals surface area contributed by atoms with E-state index >= 15 is 0 Å². The van der Waals surface area contributed by atoms with Gasteiger partial charge in [-0.05, 0) is 43.2 Å². The van der Waals surface area contributed by atoms with E-state index in [1.807, 2.05) is 13.0 Å².